The van der Waals surface area contributed by atoms with Gasteiger partial charge in [-0.3, -0.25) is 24.6 Å². The van der Waals surface area contributed by atoms with E-state index in [0.29, 0.717) is 21.8 Å². The van der Waals surface area contributed by atoms with Crippen molar-refractivity contribution < 1.29 is 23.9 Å². The zero-order valence-electron chi connectivity index (χ0n) is 16.4. The maximum Gasteiger partial charge on any atom is 0.250 e. The second kappa shape index (κ2) is 6.85. The van der Waals surface area contributed by atoms with Gasteiger partial charge >= 0.3 is 0 Å². The summed E-state index contributed by atoms with van der Waals surface area (Å²) >= 11 is 6.18. The highest BCUT2D eigenvalue weighted by Crippen LogP contribution is 2.53. The Hall–Kier alpha value is -2.81. The van der Waals surface area contributed by atoms with Gasteiger partial charge in [0, 0.05) is 22.3 Å². The number of amides is 3. The summed E-state index contributed by atoms with van der Waals surface area (Å²) in [7, 11) is 0. The fourth-order valence-corrected chi connectivity index (χ4v) is 5.28. The van der Waals surface area contributed by atoms with Crippen LogP contribution in [0.2, 0.25) is 5.02 Å². The Labute approximate surface area is 182 Å². The summed E-state index contributed by atoms with van der Waals surface area (Å²) < 4.78 is 13.3. The molecule has 5 atom stereocenters. The first-order chi connectivity index (χ1) is 14.7. The van der Waals surface area contributed by atoms with Gasteiger partial charge < -0.3 is 10.4 Å². The second-order valence-corrected chi connectivity index (χ2v) is 8.69. The predicted octanol–water partition coefficient (Wildman–Crippen LogP) is 1.78. The van der Waals surface area contributed by atoms with Gasteiger partial charge in [-0.2, -0.15) is 0 Å². The zero-order valence-corrected chi connectivity index (χ0v) is 17.2. The number of nitrogens with zero attached hydrogens (tertiary/aromatic N) is 1. The highest BCUT2D eigenvalue weighted by molar-refractivity contribution is 6.31. The Morgan fingerprint density at radius 2 is 1.87 bits per heavy atom. The molecule has 3 aliphatic heterocycles. The summed E-state index contributed by atoms with van der Waals surface area (Å²) in [6, 6.07) is 9.58. The first-order valence-electron chi connectivity index (χ1n) is 9.91. The van der Waals surface area contributed by atoms with Gasteiger partial charge in [-0.1, -0.05) is 23.7 Å². The van der Waals surface area contributed by atoms with Crippen LogP contribution < -0.4 is 10.6 Å². The van der Waals surface area contributed by atoms with Gasteiger partial charge in [-0.15, -0.1) is 0 Å². The number of rotatable bonds is 3. The van der Waals surface area contributed by atoms with Gasteiger partial charge in [-0.25, -0.2) is 4.39 Å². The third kappa shape index (κ3) is 2.75. The Kier molecular flexibility index (Phi) is 4.44. The summed E-state index contributed by atoms with van der Waals surface area (Å²) in [5, 5.41) is 16.7. The van der Waals surface area contributed by atoms with Crippen LogP contribution in [0.15, 0.2) is 42.5 Å². The van der Waals surface area contributed by atoms with Crippen LogP contribution in [0.5, 0.6) is 0 Å². The van der Waals surface area contributed by atoms with E-state index >= 15 is 0 Å². The molecule has 0 bridgehead atoms. The highest BCUT2D eigenvalue weighted by Gasteiger charge is 2.71. The first kappa shape index (κ1) is 20.1. The molecule has 0 aromatic heterocycles. The molecule has 0 aliphatic carbocycles. The lowest BCUT2D eigenvalue weighted by Crippen LogP contribution is -2.54. The van der Waals surface area contributed by atoms with E-state index in [0.717, 1.165) is 4.90 Å². The Morgan fingerprint density at radius 3 is 2.55 bits per heavy atom. The Bertz CT molecular complexity index is 1120. The summed E-state index contributed by atoms with van der Waals surface area (Å²) in [5.74, 6) is -3.85. The van der Waals surface area contributed by atoms with Crippen LogP contribution in [0.3, 0.4) is 0 Å². The van der Waals surface area contributed by atoms with E-state index in [1.165, 1.54) is 31.2 Å². The van der Waals surface area contributed by atoms with Gasteiger partial charge in [0.2, 0.25) is 17.7 Å². The van der Waals surface area contributed by atoms with Crippen LogP contribution in [-0.4, -0.2) is 39.9 Å². The van der Waals surface area contributed by atoms with E-state index < -0.39 is 53.1 Å². The van der Waals surface area contributed by atoms with Crippen molar-refractivity contribution in [2.24, 2.45) is 11.8 Å². The molecule has 0 unspecified atom stereocenters. The van der Waals surface area contributed by atoms with Crippen molar-refractivity contribution in [3.63, 3.8) is 0 Å². The molecule has 160 valence electrons. The minimum absolute atomic E-state index is 0.0441. The maximum absolute atomic E-state index is 13.5. The van der Waals surface area contributed by atoms with Crippen LogP contribution >= 0.6 is 11.6 Å². The molecule has 7 nitrogen and oxygen atoms in total. The molecule has 3 aliphatic rings. The lowest BCUT2D eigenvalue weighted by molar-refractivity contribution is -0.143. The minimum atomic E-state index is -1.52. The smallest absolute Gasteiger partial charge is 0.250 e. The van der Waals surface area contributed by atoms with Crippen molar-refractivity contribution in [3.8, 4) is 0 Å². The lowest BCUT2D eigenvalue weighted by Gasteiger charge is -2.30. The molecule has 1 spiro atoms. The van der Waals surface area contributed by atoms with Gasteiger partial charge in [0.05, 0.1) is 24.5 Å². The van der Waals surface area contributed by atoms with Gasteiger partial charge in [0.15, 0.2) is 0 Å². The molecule has 5 rings (SSSR count). The van der Waals surface area contributed by atoms with Crippen molar-refractivity contribution >= 4 is 35.0 Å². The van der Waals surface area contributed by atoms with Crippen LogP contribution in [0.25, 0.3) is 0 Å². The van der Waals surface area contributed by atoms with Gasteiger partial charge in [0.25, 0.3) is 0 Å². The number of fused-ring (bicyclic) bond motifs is 4. The number of anilines is 1. The van der Waals surface area contributed by atoms with Gasteiger partial charge in [-0.05, 0) is 42.8 Å². The lowest BCUT2D eigenvalue weighted by atomic mass is 9.76. The van der Waals surface area contributed by atoms with E-state index in [2.05, 4.69) is 10.6 Å². The van der Waals surface area contributed by atoms with Crippen molar-refractivity contribution in [1.82, 2.24) is 10.2 Å². The monoisotopic (exact) mass is 443 g/mol. The molecule has 0 radical (unpaired) electrons. The Morgan fingerprint density at radius 1 is 1.16 bits per heavy atom. The predicted molar refractivity (Wildman–Crippen MR) is 109 cm³/mol. The molecule has 9 heteroatoms. The quantitative estimate of drug-likeness (QED) is 0.628. The third-order valence-corrected chi connectivity index (χ3v) is 6.71. The summed E-state index contributed by atoms with van der Waals surface area (Å²) in [6.07, 6.45) is -0.995. The fourth-order valence-electron chi connectivity index (χ4n) is 5.11. The molecule has 0 saturated carbocycles. The van der Waals surface area contributed by atoms with Crippen molar-refractivity contribution in [3.05, 3.63) is 64.4 Å². The molecule has 2 aromatic rings. The molecule has 2 fully saturated rings. The zero-order chi connectivity index (χ0) is 22.1. The topological polar surface area (TPSA) is 98.7 Å². The SMILES string of the molecule is C[C@H](O)[C@H]1N[C@]2(C(=O)Nc3ccc(Cl)cc32)[C@@H]2C(=O)N(Cc3ccc(F)cc3)C(=O)[C@H]12. The molecule has 3 heterocycles. The van der Waals surface area contributed by atoms with E-state index in [9.17, 15) is 23.9 Å². The number of imide groups is 1. The number of hydrogen-bond donors (Lipinski definition) is 3. The number of carbonyl (C=O) groups excluding carboxylic acids is 3. The van der Waals surface area contributed by atoms with Crippen molar-refractivity contribution in [2.75, 3.05) is 5.32 Å². The average molecular weight is 444 g/mol. The molecular weight excluding hydrogens is 425 g/mol. The summed E-state index contributed by atoms with van der Waals surface area (Å²) in [5.41, 5.74) is 0.0478. The number of likely N-dealkylation sites (tertiary alicyclic amines) is 1. The molecule has 3 N–H and O–H groups in total. The molecule has 3 amide bonds. The maximum atomic E-state index is 13.5. The first-order valence-corrected chi connectivity index (χ1v) is 10.3. The number of aliphatic hydroxyl groups is 1. The van der Waals surface area contributed by atoms with E-state index in [1.54, 1.807) is 18.2 Å². The average Bonchev–Trinajstić information content (AvgIpc) is 3.31. The number of aliphatic hydroxyl groups excluding tert-OH is 1. The normalized spacial score (nSPS) is 30.0. The fraction of sp³-hybridized carbons (Fsp3) is 0.318. The van der Waals surface area contributed by atoms with Crippen molar-refractivity contribution in [1.29, 1.82) is 0 Å². The third-order valence-electron chi connectivity index (χ3n) is 6.48. The minimum Gasteiger partial charge on any atom is -0.392 e. The van der Waals surface area contributed by atoms with E-state index in [-0.39, 0.29) is 6.54 Å². The van der Waals surface area contributed by atoms with Crippen LogP contribution in [0, 0.1) is 17.7 Å². The number of nitrogens with one attached hydrogen (secondary N) is 2. The molecule has 31 heavy (non-hydrogen) atoms. The van der Waals surface area contributed by atoms with Crippen LogP contribution in [-0.2, 0) is 26.5 Å². The van der Waals surface area contributed by atoms with Crippen LogP contribution in [0.1, 0.15) is 18.1 Å². The second-order valence-electron chi connectivity index (χ2n) is 8.26. The standard InChI is InChI=1S/C22H19ClFN3O4/c1-10(28)18-16-17(20(30)27(19(16)29)9-11-2-5-13(24)6-3-11)22(26-18)14-8-12(23)4-7-15(14)25-21(22)31/h2-8,10,16-18,26,28H,9H2,1H3,(H,25,31)/t10-,16-,17-,18+,22-/m0/s1. The molecular formula is C22H19ClFN3O4. The van der Waals surface area contributed by atoms with Crippen LogP contribution in [0.4, 0.5) is 10.1 Å². The number of benzene rings is 2. The van der Waals surface area contributed by atoms with Crippen molar-refractivity contribution in [2.45, 2.75) is 31.2 Å². The van der Waals surface area contributed by atoms with Gasteiger partial charge in [0.1, 0.15) is 11.4 Å². The van der Waals surface area contributed by atoms with E-state index in [4.69, 9.17) is 11.6 Å². The number of halogens is 2. The Balaban J connectivity index is 1.61. The summed E-state index contributed by atoms with van der Waals surface area (Å²) in [4.78, 5) is 41.2. The highest BCUT2D eigenvalue weighted by atomic mass is 35.5. The molecule has 2 saturated heterocycles. The van der Waals surface area contributed by atoms with E-state index in [1.807, 2.05) is 0 Å². The number of carbonyl (C=O) groups is 3. The molecule has 2 aromatic carbocycles. The number of hydrogen-bond acceptors (Lipinski definition) is 5. The summed E-state index contributed by atoms with van der Waals surface area (Å²) in [6.45, 7) is 1.47. The largest absolute Gasteiger partial charge is 0.392 e.